The molecule has 2 nitrogen and oxygen atoms in total. The van der Waals surface area contributed by atoms with Gasteiger partial charge in [-0.1, -0.05) is 39.7 Å². The van der Waals surface area contributed by atoms with E-state index in [-0.39, 0.29) is 11.7 Å². The average molecular weight is 343 g/mol. The Bertz CT molecular complexity index is 601. The van der Waals surface area contributed by atoms with Gasteiger partial charge in [0.1, 0.15) is 5.82 Å². The fourth-order valence-electron chi connectivity index (χ4n) is 1.55. The molecule has 0 spiro atoms. The topological polar surface area (TPSA) is 29.1 Å². The Morgan fingerprint density at radius 1 is 1.21 bits per heavy atom. The summed E-state index contributed by atoms with van der Waals surface area (Å²) in [6.07, 6.45) is 0. The summed E-state index contributed by atoms with van der Waals surface area (Å²) in [5.41, 5.74) is 1.22. The highest BCUT2D eigenvalue weighted by Gasteiger charge is 2.10. The van der Waals surface area contributed by atoms with Crippen molar-refractivity contribution < 1.29 is 9.18 Å². The first-order valence-electron chi connectivity index (χ1n) is 5.54. The molecule has 0 saturated carbocycles. The first kappa shape index (κ1) is 14.0. The second kappa shape index (κ2) is 6.17. The average Bonchev–Trinajstić information content (AvgIpc) is 2.40. The van der Waals surface area contributed by atoms with Gasteiger partial charge in [0.2, 0.25) is 0 Å². The van der Waals surface area contributed by atoms with E-state index in [1.807, 2.05) is 0 Å². The minimum Gasteiger partial charge on any atom is -0.348 e. The molecule has 0 radical (unpaired) electrons. The highest BCUT2D eigenvalue weighted by atomic mass is 79.9. The lowest BCUT2D eigenvalue weighted by Crippen LogP contribution is -2.23. The van der Waals surface area contributed by atoms with E-state index < -0.39 is 0 Å². The van der Waals surface area contributed by atoms with E-state index in [0.29, 0.717) is 17.1 Å². The Morgan fingerprint density at radius 3 is 2.58 bits per heavy atom. The van der Waals surface area contributed by atoms with E-state index in [4.69, 9.17) is 11.6 Å². The number of nitrogens with one attached hydrogen (secondary N) is 1. The number of hydrogen-bond acceptors (Lipinski definition) is 1. The second-order valence-electron chi connectivity index (χ2n) is 3.93. The third kappa shape index (κ3) is 3.78. The molecule has 1 N–H and O–H groups in total. The number of amides is 1. The van der Waals surface area contributed by atoms with Crippen LogP contribution in [0.15, 0.2) is 46.9 Å². The van der Waals surface area contributed by atoms with Crippen LogP contribution in [0, 0.1) is 5.82 Å². The van der Waals surface area contributed by atoms with Crippen LogP contribution >= 0.6 is 27.5 Å². The number of halogens is 3. The predicted octanol–water partition coefficient (Wildman–Crippen LogP) is 4.17. The maximum absolute atomic E-state index is 12.7. The summed E-state index contributed by atoms with van der Waals surface area (Å²) in [4.78, 5) is 12.0. The summed E-state index contributed by atoms with van der Waals surface area (Å²) < 4.78 is 13.5. The lowest BCUT2D eigenvalue weighted by atomic mass is 10.2. The third-order valence-corrected chi connectivity index (χ3v) is 3.36. The van der Waals surface area contributed by atoms with Crippen molar-refractivity contribution in [1.82, 2.24) is 5.32 Å². The summed E-state index contributed by atoms with van der Waals surface area (Å²) >= 11 is 9.25. The molecule has 2 rings (SSSR count). The molecule has 0 saturated heterocycles. The molecule has 19 heavy (non-hydrogen) atoms. The minimum atomic E-state index is -0.301. The van der Waals surface area contributed by atoms with Crippen LogP contribution in [0.5, 0.6) is 0 Å². The number of carbonyl (C=O) groups is 1. The normalized spacial score (nSPS) is 10.3. The zero-order chi connectivity index (χ0) is 13.8. The van der Waals surface area contributed by atoms with Gasteiger partial charge in [-0.2, -0.15) is 0 Å². The molecule has 0 atom stereocenters. The minimum absolute atomic E-state index is 0.268. The van der Waals surface area contributed by atoms with Crippen LogP contribution < -0.4 is 5.32 Å². The summed E-state index contributed by atoms with van der Waals surface area (Å²) in [6.45, 7) is 0.321. The monoisotopic (exact) mass is 341 g/mol. The molecule has 2 aromatic carbocycles. The number of carbonyl (C=O) groups excluding carboxylic acids is 1. The van der Waals surface area contributed by atoms with E-state index in [1.165, 1.54) is 12.1 Å². The van der Waals surface area contributed by atoms with E-state index in [9.17, 15) is 9.18 Å². The van der Waals surface area contributed by atoms with Crippen LogP contribution in [0.1, 0.15) is 15.9 Å². The van der Waals surface area contributed by atoms with Crippen molar-refractivity contribution in [3.05, 3.63) is 68.9 Å². The van der Waals surface area contributed by atoms with E-state index in [0.717, 1.165) is 10.0 Å². The molecule has 1 amide bonds. The molecular weight excluding hydrogens is 333 g/mol. The van der Waals surface area contributed by atoms with Gasteiger partial charge in [0.25, 0.3) is 5.91 Å². The van der Waals surface area contributed by atoms with E-state index in [1.54, 1.807) is 30.3 Å². The summed E-state index contributed by atoms with van der Waals surface area (Å²) in [7, 11) is 0. The van der Waals surface area contributed by atoms with Crippen LogP contribution in [0.2, 0.25) is 5.02 Å². The molecule has 0 unspecified atom stereocenters. The smallest absolute Gasteiger partial charge is 0.253 e. The maximum atomic E-state index is 12.7. The van der Waals surface area contributed by atoms with Crippen molar-refractivity contribution in [2.45, 2.75) is 6.54 Å². The fourth-order valence-corrected chi connectivity index (χ4v) is 2.12. The zero-order valence-corrected chi connectivity index (χ0v) is 12.1. The first-order valence-corrected chi connectivity index (χ1v) is 6.71. The van der Waals surface area contributed by atoms with Crippen LogP contribution in [-0.2, 0) is 6.54 Å². The van der Waals surface area contributed by atoms with Crippen molar-refractivity contribution in [2.75, 3.05) is 0 Å². The van der Waals surface area contributed by atoms with Gasteiger partial charge in [-0.15, -0.1) is 0 Å². The van der Waals surface area contributed by atoms with Crippen molar-refractivity contribution in [3.63, 3.8) is 0 Å². The van der Waals surface area contributed by atoms with E-state index >= 15 is 0 Å². The zero-order valence-electron chi connectivity index (χ0n) is 9.79. The van der Waals surface area contributed by atoms with Crippen LogP contribution in [0.25, 0.3) is 0 Å². The highest BCUT2D eigenvalue weighted by Crippen LogP contribution is 2.20. The van der Waals surface area contributed by atoms with Gasteiger partial charge in [-0.3, -0.25) is 4.79 Å². The number of rotatable bonds is 3. The Kier molecular flexibility index (Phi) is 4.56. The van der Waals surface area contributed by atoms with Gasteiger partial charge in [0.15, 0.2) is 0 Å². The third-order valence-electron chi connectivity index (χ3n) is 2.54. The molecule has 0 bridgehead atoms. The van der Waals surface area contributed by atoms with Gasteiger partial charge < -0.3 is 5.32 Å². The SMILES string of the molecule is O=C(NCc1ccc(F)cc1)c1cc(Br)ccc1Cl. The highest BCUT2D eigenvalue weighted by molar-refractivity contribution is 9.10. The van der Waals surface area contributed by atoms with Crippen LogP contribution in [-0.4, -0.2) is 5.91 Å². The Balaban J connectivity index is 2.05. The summed E-state index contributed by atoms with van der Waals surface area (Å²) in [5, 5.41) is 3.12. The van der Waals surface area contributed by atoms with Gasteiger partial charge in [-0.05, 0) is 35.9 Å². The largest absolute Gasteiger partial charge is 0.348 e. The number of hydrogen-bond donors (Lipinski definition) is 1. The standard InChI is InChI=1S/C14H10BrClFNO/c15-10-3-6-13(16)12(7-10)14(19)18-8-9-1-4-11(17)5-2-9/h1-7H,8H2,(H,18,19). The van der Waals surface area contributed by atoms with Crippen LogP contribution in [0.3, 0.4) is 0 Å². The van der Waals surface area contributed by atoms with Crippen molar-refractivity contribution in [3.8, 4) is 0 Å². The summed E-state index contributed by atoms with van der Waals surface area (Å²) in [5.74, 6) is -0.569. The molecule has 0 aliphatic rings. The molecule has 0 aromatic heterocycles. The summed E-state index contributed by atoms with van der Waals surface area (Å²) in [6, 6.07) is 11.0. The molecule has 0 fully saturated rings. The Labute approximate surface area is 123 Å². The molecule has 98 valence electrons. The Morgan fingerprint density at radius 2 is 1.89 bits per heavy atom. The molecule has 5 heteroatoms. The Hall–Kier alpha value is -1.39. The van der Waals surface area contributed by atoms with Crippen molar-refractivity contribution in [1.29, 1.82) is 0 Å². The fraction of sp³-hybridized carbons (Fsp3) is 0.0714. The van der Waals surface area contributed by atoms with Crippen molar-refractivity contribution >= 4 is 33.4 Å². The lowest BCUT2D eigenvalue weighted by Gasteiger charge is -2.07. The maximum Gasteiger partial charge on any atom is 0.253 e. The first-order chi connectivity index (χ1) is 9.06. The predicted molar refractivity (Wildman–Crippen MR) is 76.7 cm³/mol. The quantitative estimate of drug-likeness (QED) is 0.891. The van der Waals surface area contributed by atoms with Gasteiger partial charge in [0.05, 0.1) is 10.6 Å². The van der Waals surface area contributed by atoms with Gasteiger partial charge in [-0.25, -0.2) is 4.39 Å². The van der Waals surface area contributed by atoms with Gasteiger partial charge >= 0.3 is 0 Å². The molecule has 0 heterocycles. The van der Waals surface area contributed by atoms with E-state index in [2.05, 4.69) is 21.2 Å². The van der Waals surface area contributed by atoms with Gasteiger partial charge in [0, 0.05) is 11.0 Å². The number of benzene rings is 2. The molecule has 0 aliphatic carbocycles. The molecule has 2 aromatic rings. The molecule has 0 aliphatic heterocycles. The lowest BCUT2D eigenvalue weighted by molar-refractivity contribution is 0.0951. The van der Waals surface area contributed by atoms with Crippen LogP contribution in [0.4, 0.5) is 4.39 Å². The second-order valence-corrected chi connectivity index (χ2v) is 5.26. The van der Waals surface area contributed by atoms with Crippen molar-refractivity contribution in [2.24, 2.45) is 0 Å². The molecular formula is C14H10BrClFNO.